The molecule has 0 aromatic heterocycles. The Labute approximate surface area is 144 Å². The van der Waals surface area contributed by atoms with Gasteiger partial charge in [-0.1, -0.05) is 85.3 Å². The van der Waals surface area contributed by atoms with Gasteiger partial charge in [0.25, 0.3) is 0 Å². The lowest BCUT2D eigenvalue weighted by atomic mass is 9.88. The first-order chi connectivity index (χ1) is 11.8. The van der Waals surface area contributed by atoms with Crippen LogP contribution in [0.2, 0.25) is 0 Å². The van der Waals surface area contributed by atoms with Crippen molar-refractivity contribution in [2.24, 2.45) is 0 Å². The van der Waals surface area contributed by atoms with E-state index in [1.165, 1.54) is 27.8 Å². The molecule has 0 spiro atoms. The molecule has 0 unspecified atom stereocenters. The molecule has 1 nitrogen and oxygen atoms in total. The fourth-order valence-corrected chi connectivity index (χ4v) is 3.06. The molecule has 0 radical (unpaired) electrons. The lowest BCUT2D eigenvalue weighted by Crippen LogP contribution is -1.98. The van der Waals surface area contributed by atoms with Crippen LogP contribution in [0.4, 0.5) is 5.69 Å². The molecule has 1 heteroatoms. The Bertz CT molecular complexity index is 800. The topological polar surface area (TPSA) is 26.0 Å². The Kier molecular flexibility index (Phi) is 5.12. The van der Waals surface area contributed by atoms with Crippen LogP contribution < -0.4 is 5.73 Å². The predicted octanol–water partition coefficient (Wildman–Crippen LogP) is 5.72. The number of rotatable bonds is 5. The summed E-state index contributed by atoms with van der Waals surface area (Å²) in [4.78, 5) is 0. The van der Waals surface area contributed by atoms with Crippen LogP contribution in [0.5, 0.6) is 0 Å². The molecular weight excluding hydrogens is 290 g/mol. The summed E-state index contributed by atoms with van der Waals surface area (Å²) in [5.41, 5.74) is 13.3. The van der Waals surface area contributed by atoms with Crippen molar-refractivity contribution in [3.8, 4) is 0 Å². The van der Waals surface area contributed by atoms with Gasteiger partial charge in [0, 0.05) is 5.69 Å². The molecule has 3 aromatic rings. The van der Waals surface area contributed by atoms with Crippen molar-refractivity contribution in [2.75, 3.05) is 5.73 Å². The van der Waals surface area contributed by atoms with Crippen LogP contribution in [-0.4, -0.2) is 0 Å². The van der Waals surface area contributed by atoms with Crippen LogP contribution in [0, 0.1) is 0 Å². The van der Waals surface area contributed by atoms with Crippen LogP contribution in [0.1, 0.15) is 30.0 Å². The highest BCUT2D eigenvalue weighted by Crippen LogP contribution is 2.30. The minimum atomic E-state index is 0.798. The maximum atomic E-state index is 5.88. The molecule has 120 valence electrons. The normalized spacial score (nSPS) is 11.9. The number of anilines is 1. The third-order valence-electron chi connectivity index (χ3n) is 4.30. The number of hydrogen-bond donors (Lipinski definition) is 1. The van der Waals surface area contributed by atoms with Gasteiger partial charge in [-0.25, -0.2) is 0 Å². The van der Waals surface area contributed by atoms with Crippen LogP contribution in [-0.2, 0) is 6.42 Å². The molecule has 0 amide bonds. The SMILES string of the molecule is CCC(Cc1ccccc1)=C(c1ccccc1)c1ccc(N)cc1. The van der Waals surface area contributed by atoms with Crippen LogP contribution >= 0.6 is 0 Å². The molecule has 0 heterocycles. The van der Waals surface area contributed by atoms with Gasteiger partial charge in [0.1, 0.15) is 0 Å². The summed E-state index contributed by atoms with van der Waals surface area (Å²) in [6.07, 6.45) is 1.98. The number of hydrogen-bond acceptors (Lipinski definition) is 1. The van der Waals surface area contributed by atoms with Crippen molar-refractivity contribution in [2.45, 2.75) is 19.8 Å². The number of nitrogens with two attached hydrogens (primary N) is 1. The second-order valence-electron chi connectivity index (χ2n) is 5.98. The maximum Gasteiger partial charge on any atom is 0.0314 e. The van der Waals surface area contributed by atoms with E-state index in [0.717, 1.165) is 18.5 Å². The van der Waals surface area contributed by atoms with E-state index in [-0.39, 0.29) is 0 Å². The summed E-state index contributed by atoms with van der Waals surface area (Å²) in [7, 11) is 0. The molecule has 0 fully saturated rings. The van der Waals surface area contributed by atoms with Gasteiger partial charge in [-0.3, -0.25) is 0 Å². The average molecular weight is 313 g/mol. The van der Waals surface area contributed by atoms with Crippen LogP contribution in [0.15, 0.2) is 90.5 Å². The van der Waals surface area contributed by atoms with E-state index in [1.54, 1.807) is 0 Å². The molecule has 0 aliphatic carbocycles. The van der Waals surface area contributed by atoms with Crippen LogP contribution in [0.25, 0.3) is 5.57 Å². The largest absolute Gasteiger partial charge is 0.399 e. The fourth-order valence-electron chi connectivity index (χ4n) is 3.06. The molecule has 0 atom stereocenters. The van der Waals surface area contributed by atoms with Gasteiger partial charge in [-0.15, -0.1) is 0 Å². The highest BCUT2D eigenvalue weighted by Gasteiger charge is 2.11. The van der Waals surface area contributed by atoms with Gasteiger partial charge >= 0.3 is 0 Å². The standard InChI is InChI=1S/C23H23N/c1-2-19(17-18-9-5-3-6-10-18)23(20-11-7-4-8-12-20)21-13-15-22(24)16-14-21/h3-16H,2,17,24H2,1H3. The van der Waals surface area contributed by atoms with Crippen molar-refractivity contribution >= 4 is 11.3 Å². The minimum Gasteiger partial charge on any atom is -0.399 e. The van der Waals surface area contributed by atoms with Crippen molar-refractivity contribution < 1.29 is 0 Å². The van der Waals surface area contributed by atoms with Crippen LogP contribution in [0.3, 0.4) is 0 Å². The first-order valence-corrected chi connectivity index (χ1v) is 8.45. The Morgan fingerprint density at radius 3 is 1.83 bits per heavy atom. The summed E-state index contributed by atoms with van der Waals surface area (Å²) in [6, 6.07) is 29.5. The third kappa shape index (κ3) is 3.75. The highest BCUT2D eigenvalue weighted by atomic mass is 14.5. The molecule has 0 saturated heterocycles. The molecule has 0 bridgehead atoms. The van der Waals surface area contributed by atoms with Gasteiger partial charge < -0.3 is 5.73 Å². The number of nitrogen functional groups attached to an aromatic ring is 1. The Morgan fingerprint density at radius 1 is 0.708 bits per heavy atom. The van der Waals surface area contributed by atoms with Crippen molar-refractivity contribution in [1.82, 2.24) is 0 Å². The van der Waals surface area contributed by atoms with Crippen molar-refractivity contribution in [3.05, 3.63) is 107 Å². The Hall–Kier alpha value is -2.80. The van der Waals surface area contributed by atoms with Gasteiger partial charge in [0.15, 0.2) is 0 Å². The van der Waals surface area contributed by atoms with Crippen molar-refractivity contribution in [3.63, 3.8) is 0 Å². The van der Waals surface area contributed by atoms with E-state index in [1.807, 2.05) is 12.1 Å². The zero-order valence-electron chi connectivity index (χ0n) is 14.1. The number of benzene rings is 3. The highest BCUT2D eigenvalue weighted by molar-refractivity contribution is 5.82. The van der Waals surface area contributed by atoms with E-state index in [2.05, 4.69) is 79.7 Å². The van der Waals surface area contributed by atoms with Gasteiger partial charge in [0.05, 0.1) is 0 Å². The number of allylic oxidation sites excluding steroid dienone is 1. The molecule has 3 rings (SSSR count). The fraction of sp³-hybridized carbons (Fsp3) is 0.130. The monoisotopic (exact) mass is 313 g/mol. The van der Waals surface area contributed by atoms with E-state index >= 15 is 0 Å². The van der Waals surface area contributed by atoms with E-state index in [0.29, 0.717) is 0 Å². The van der Waals surface area contributed by atoms with E-state index in [9.17, 15) is 0 Å². The molecule has 0 aliphatic heterocycles. The van der Waals surface area contributed by atoms with E-state index < -0.39 is 0 Å². The molecule has 24 heavy (non-hydrogen) atoms. The van der Waals surface area contributed by atoms with Gasteiger partial charge in [-0.05, 0) is 47.2 Å². The first-order valence-electron chi connectivity index (χ1n) is 8.45. The smallest absolute Gasteiger partial charge is 0.0314 e. The predicted molar refractivity (Wildman–Crippen MR) is 104 cm³/mol. The lowest BCUT2D eigenvalue weighted by Gasteiger charge is -2.16. The maximum absolute atomic E-state index is 5.88. The average Bonchev–Trinajstić information content (AvgIpc) is 2.64. The molecular formula is C23H23N. The second kappa shape index (κ2) is 7.65. The molecule has 0 saturated carbocycles. The summed E-state index contributed by atoms with van der Waals surface area (Å²) >= 11 is 0. The molecule has 2 N–H and O–H groups in total. The molecule has 0 aliphatic rings. The second-order valence-corrected chi connectivity index (χ2v) is 5.98. The van der Waals surface area contributed by atoms with Gasteiger partial charge in [-0.2, -0.15) is 0 Å². The zero-order chi connectivity index (χ0) is 16.8. The summed E-state index contributed by atoms with van der Waals surface area (Å²) in [5.74, 6) is 0. The molecule has 3 aromatic carbocycles. The van der Waals surface area contributed by atoms with Gasteiger partial charge in [0.2, 0.25) is 0 Å². The summed E-state index contributed by atoms with van der Waals surface area (Å²) in [5, 5.41) is 0. The summed E-state index contributed by atoms with van der Waals surface area (Å²) < 4.78 is 0. The van der Waals surface area contributed by atoms with E-state index in [4.69, 9.17) is 5.73 Å². The lowest BCUT2D eigenvalue weighted by molar-refractivity contribution is 1.01. The minimum absolute atomic E-state index is 0.798. The Balaban J connectivity index is 2.12. The first kappa shape index (κ1) is 16.1. The Morgan fingerprint density at radius 2 is 1.25 bits per heavy atom. The quantitative estimate of drug-likeness (QED) is 0.599. The third-order valence-corrected chi connectivity index (χ3v) is 4.30. The zero-order valence-corrected chi connectivity index (χ0v) is 14.1. The van der Waals surface area contributed by atoms with Crippen molar-refractivity contribution in [1.29, 1.82) is 0 Å². The summed E-state index contributed by atoms with van der Waals surface area (Å²) in [6.45, 7) is 2.23.